The van der Waals surface area contributed by atoms with E-state index in [2.05, 4.69) is 56.2 Å². The Bertz CT molecular complexity index is 1740. The van der Waals surface area contributed by atoms with Gasteiger partial charge in [-0.25, -0.2) is 19.7 Å². The highest BCUT2D eigenvalue weighted by Gasteiger charge is 2.23. The Hall–Kier alpha value is -4.76. The van der Waals surface area contributed by atoms with E-state index in [4.69, 9.17) is 20.4 Å². The molecule has 1 atom stereocenters. The summed E-state index contributed by atoms with van der Waals surface area (Å²) in [4.78, 5) is 29.1. The summed E-state index contributed by atoms with van der Waals surface area (Å²) in [6.07, 6.45) is 4.21. The summed E-state index contributed by atoms with van der Waals surface area (Å²) in [6, 6.07) is 26.7. The van der Waals surface area contributed by atoms with E-state index in [1.165, 1.54) is 5.56 Å². The first kappa shape index (κ1) is 29.3. The second kappa shape index (κ2) is 12.5. The number of nitrogens with zero attached hydrogens (tertiary/aromatic N) is 5. The SMILES string of the molecule is CC(C)(C)OC(=O)NC1CCCN(Cc2ccc(-n3c(-c4cccnc4N)nc4ccc(-c5ccccc5)nc43)cc2)CC1. The summed E-state index contributed by atoms with van der Waals surface area (Å²) in [5.74, 6) is 1.12. The average molecular weight is 590 g/mol. The van der Waals surface area contributed by atoms with Gasteiger partial charge in [0.15, 0.2) is 11.5 Å². The van der Waals surface area contributed by atoms with Crippen LogP contribution in [0.3, 0.4) is 0 Å². The van der Waals surface area contributed by atoms with Crippen LogP contribution in [0.4, 0.5) is 10.6 Å². The Morgan fingerprint density at radius 2 is 1.75 bits per heavy atom. The molecule has 3 N–H and O–H groups in total. The van der Waals surface area contributed by atoms with Crippen molar-refractivity contribution in [2.75, 3.05) is 18.8 Å². The maximum Gasteiger partial charge on any atom is 0.407 e. The number of carbonyl (C=O) groups excluding carboxylic acids is 1. The van der Waals surface area contributed by atoms with Gasteiger partial charge in [-0.2, -0.15) is 0 Å². The molecule has 9 heteroatoms. The molecule has 0 spiro atoms. The van der Waals surface area contributed by atoms with Crippen molar-refractivity contribution in [2.45, 2.75) is 58.2 Å². The molecule has 0 bridgehead atoms. The minimum Gasteiger partial charge on any atom is -0.444 e. The minimum absolute atomic E-state index is 0.123. The van der Waals surface area contributed by atoms with Crippen LogP contribution in [0.1, 0.15) is 45.6 Å². The number of rotatable bonds is 6. The third kappa shape index (κ3) is 6.73. The Balaban J connectivity index is 1.24. The Labute approximate surface area is 258 Å². The lowest BCUT2D eigenvalue weighted by atomic mass is 10.1. The lowest BCUT2D eigenvalue weighted by molar-refractivity contribution is 0.0500. The standard InChI is InChI=1S/C35H39N7O2/c1-35(2,3)44-34(43)38-26-11-8-21-41(22-19-26)23-24-13-15-27(16-14-24)42-32(28-12-7-20-37-31(28)36)40-30-18-17-29(39-33(30)42)25-9-5-4-6-10-25/h4-7,9-10,12-18,20,26H,8,11,19,21-23H2,1-3H3,(H2,36,37)(H,38,43). The van der Waals surface area contributed by atoms with Crippen molar-refractivity contribution in [3.63, 3.8) is 0 Å². The number of carbonyl (C=O) groups is 1. The van der Waals surface area contributed by atoms with Crippen LogP contribution in [0.2, 0.25) is 0 Å². The zero-order chi connectivity index (χ0) is 30.7. The third-order valence-electron chi connectivity index (χ3n) is 7.80. The molecule has 1 aliphatic rings. The first-order valence-corrected chi connectivity index (χ1v) is 15.2. The van der Waals surface area contributed by atoms with Gasteiger partial charge in [0.05, 0.1) is 11.3 Å². The molecule has 9 nitrogen and oxygen atoms in total. The van der Waals surface area contributed by atoms with Crippen molar-refractivity contribution in [1.29, 1.82) is 0 Å². The van der Waals surface area contributed by atoms with Gasteiger partial charge in [-0.3, -0.25) is 9.47 Å². The summed E-state index contributed by atoms with van der Waals surface area (Å²) in [5, 5.41) is 3.06. The fraction of sp³-hybridized carbons (Fsp3) is 0.314. The number of hydrogen-bond donors (Lipinski definition) is 2. The number of nitrogens with one attached hydrogen (secondary N) is 1. The van der Waals surface area contributed by atoms with Crippen LogP contribution in [-0.4, -0.2) is 55.2 Å². The van der Waals surface area contributed by atoms with Crippen molar-refractivity contribution >= 4 is 23.1 Å². The van der Waals surface area contributed by atoms with Crippen molar-refractivity contribution in [3.05, 3.63) is 90.6 Å². The number of alkyl carbamates (subject to hydrolysis) is 1. The van der Waals surface area contributed by atoms with E-state index < -0.39 is 5.60 Å². The summed E-state index contributed by atoms with van der Waals surface area (Å²) < 4.78 is 7.53. The topological polar surface area (TPSA) is 111 Å². The number of hydrogen-bond acceptors (Lipinski definition) is 7. The monoisotopic (exact) mass is 589 g/mol. The largest absolute Gasteiger partial charge is 0.444 e. The Morgan fingerprint density at radius 3 is 2.50 bits per heavy atom. The lowest BCUT2D eigenvalue weighted by Gasteiger charge is -2.23. The molecular weight excluding hydrogens is 550 g/mol. The van der Waals surface area contributed by atoms with Gasteiger partial charge in [-0.05, 0) is 88.5 Å². The van der Waals surface area contributed by atoms with Gasteiger partial charge in [-0.15, -0.1) is 0 Å². The number of amides is 1. The van der Waals surface area contributed by atoms with Gasteiger partial charge in [0.2, 0.25) is 0 Å². The van der Waals surface area contributed by atoms with Crippen molar-refractivity contribution in [1.82, 2.24) is 29.7 Å². The quantitative estimate of drug-likeness (QED) is 0.229. The molecule has 226 valence electrons. The number of pyridine rings is 2. The second-order valence-corrected chi connectivity index (χ2v) is 12.3. The number of nitrogen functional groups attached to an aromatic ring is 1. The molecule has 1 unspecified atom stereocenters. The molecule has 1 saturated heterocycles. The number of fused-ring (bicyclic) bond motifs is 1. The summed E-state index contributed by atoms with van der Waals surface area (Å²) in [5.41, 5.74) is 12.2. The zero-order valence-electron chi connectivity index (χ0n) is 25.5. The average Bonchev–Trinajstić information content (AvgIpc) is 3.24. The van der Waals surface area contributed by atoms with Crippen molar-refractivity contribution in [3.8, 4) is 28.3 Å². The second-order valence-electron chi connectivity index (χ2n) is 12.3. The molecule has 4 heterocycles. The van der Waals surface area contributed by atoms with Gasteiger partial charge in [0.25, 0.3) is 0 Å². The zero-order valence-corrected chi connectivity index (χ0v) is 25.5. The Kier molecular flexibility index (Phi) is 8.30. The molecular formula is C35H39N7O2. The highest BCUT2D eigenvalue weighted by atomic mass is 16.6. The summed E-state index contributed by atoms with van der Waals surface area (Å²) in [6.45, 7) is 8.38. The van der Waals surface area contributed by atoms with E-state index in [1.54, 1.807) is 6.20 Å². The van der Waals surface area contributed by atoms with Crippen LogP contribution in [-0.2, 0) is 11.3 Å². The van der Waals surface area contributed by atoms with Crippen molar-refractivity contribution < 1.29 is 9.53 Å². The predicted octanol–water partition coefficient (Wildman–Crippen LogP) is 6.61. The van der Waals surface area contributed by atoms with E-state index in [1.807, 2.05) is 63.2 Å². The Morgan fingerprint density at radius 1 is 0.955 bits per heavy atom. The van der Waals surface area contributed by atoms with Crippen LogP contribution < -0.4 is 11.1 Å². The molecule has 5 aromatic rings. The van der Waals surface area contributed by atoms with Crippen molar-refractivity contribution in [2.24, 2.45) is 0 Å². The predicted molar refractivity (Wildman–Crippen MR) is 174 cm³/mol. The number of nitrogens with two attached hydrogens (primary N) is 1. The van der Waals surface area contributed by atoms with E-state index >= 15 is 0 Å². The van der Waals surface area contributed by atoms with Crippen LogP contribution >= 0.6 is 0 Å². The normalized spacial score (nSPS) is 16.0. The fourth-order valence-corrected chi connectivity index (χ4v) is 5.70. The number of benzene rings is 2. The minimum atomic E-state index is -0.498. The molecule has 0 saturated carbocycles. The number of imidazole rings is 1. The van der Waals surface area contributed by atoms with Gasteiger partial charge in [-0.1, -0.05) is 42.5 Å². The van der Waals surface area contributed by atoms with Crippen LogP contribution in [0.25, 0.3) is 39.5 Å². The van der Waals surface area contributed by atoms with Gasteiger partial charge < -0.3 is 15.8 Å². The van der Waals surface area contributed by atoms with E-state index in [0.717, 1.165) is 72.6 Å². The van der Waals surface area contributed by atoms with Crippen LogP contribution in [0.15, 0.2) is 85.1 Å². The fourth-order valence-electron chi connectivity index (χ4n) is 5.70. The molecule has 1 amide bonds. The first-order chi connectivity index (χ1) is 21.2. The van der Waals surface area contributed by atoms with E-state index in [9.17, 15) is 4.79 Å². The lowest BCUT2D eigenvalue weighted by Crippen LogP contribution is -2.39. The molecule has 1 aliphatic heterocycles. The number of likely N-dealkylation sites (tertiary alicyclic amines) is 1. The first-order valence-electron chi connectivity index (χ1n) is 15.2. The summed E-state index contributed by atoms with van der Waals surface area (Å²) in [7, 11) is 0. The highest BCUT2D eigenvalue weighted by molar-refractivity contribution is 5.84. The maximum atomic E-state index is 12.3. The number of aromatic nitrogens is 4. The van der Waals surface area contributed by atoms with Gasteiger partial charge in [0, 0.05) is 36.6 Å². The number of anilines is 1. The number of ether oxygens (including phenoxy) is 1. The molecule has 0 radical (unpaired) electrons. The van der Waals surface area contributed by atoms with Gasteiger partial charge >= 0.3 is 6.09 Å². The van der Waals surface area contributed by atoms with E-state index in [0.29, 0.717) is 11.6 Å². The molecule has 2 aromatic carbocycles. The van der Waals surface area contributed by atoms with Crippen LogP contribution in [0.5, 0.6) is 0 Å². The molecule has 44 heavy (non-hydrogen) atoms. The maximum absolute atomic E-state index is 12.3. The molecule has 6 rings (SSSR count). The highest BCUT2D eigenvalue weighted by Crippen LogP contribution is 2.32. The smallest absolute Gasteiger partial charge is 0.407 e. The molecule has 1 fully saturated rings. The molecule has 3 aromatic heterocycles. The van der Waals surface area contributed by atoms with Crippen LogP contribution in [0, 0.1) is 0 Å². The molecule has 0 aliphatic carbocycles. The summed E-state index contributed by atoms with van der Waals surface area (Å²) >= 11 is 0. The third-order valence-corrected chi connectivity index (χ3v) is 7.80. The van der Waals surface area contributed by atoms with E-state index in [-0.39, 0.29) is 12.1 Å². The van der Waals surface area contributed by atoms with Gasteiger partial charge in [0.1, 0.15) is 16.9 Å².